The summed E-state index contributed by atoms with van der Waals surface area (Å²) in [5, 5.41) is 3.17. The third-order valence-electron chi connectivity index (χ3n) is 3.52. The second-order valence-electron chi connectivity index (χ2n) is 4.90. The molecule has 1 aromatic rings. The maximum absolute atomic E-state index is 13.3. The van der Waals surface area contributed by atoms with E-state index in [2.05, 4.69) is 5.32 Å². The maximum Gasteiger partial charge on any atom is 0.419 e. The monoisotopic (exact) mass is 291 g/mol. The van der Waals surface area contributed by atoms with Crippen LogP contribution in [-0.2, 0) is 10.9 Å². The number of ether oxygens (including phenoxy) is 1. The van der Waals surface area contributed by atoms with Crippen molar-refractivity contribution in [2.45, 2.75) is 25.6 Å². The molecule has 1 aliphatic heterocycles. The Balaban J connectivity index is 2.33. The molecule has 20 heavy (non-hydrogen) atoms. The predicted molar refractivity (Wildman–Crippen MR) is 66.7 cm³/mol. The molecule has 2 unspecified atom stereocenters. The van der Waals surface area contributed by atoms with Gasteiger partial charge in [0.15, 0.2) is 0 Å². The third kappa shape index (κ3) is 3.30. The molecular formula is C14H17F4NO. The van der Waals surface area contributed by atoms with E-state index in [0.717, 1.165) is 18.6 Å². The molecule has 1 aromatic carbocycles. The van der Waals surface area contributed by atoms with Crippen LogP contribution in [0.2, 0.25) is 0 Å². The highest BCUT2D eigenvalue weighted by atomic mass is 19.4. The second-order valence-corrected chi connectivity index (χ2v) is 4.90. The van der Waals surface area contributed by atoms with Gasteiger partial charge in [0.05, 0.1) is 12.2 Å². The highest BCUT2D eigenvalue weighted by molar-refractivity contribution is 5.30. The van der Waals surface area contributed by atoms with E-state index < -0.39 is 17.6 Å². The van der Waals surface area contributed by atoms with Crippen molar-refractivity contribution < 1.29 is 22.3 Å². The normalized spacial score (nSPS) is 21.1. The summed E-state index contributed by atoms with van der Waals surface area (Å²) in [6.45, 7) is 3.63. The number of hydrogen-bond acceptors (Lipinski definition) is 2. The summed E-state index contributed by atoms with van der Waals surface area (Å²) in [4.78, 5) is 0. The van der Waals surface area contributed by atoms with Crippen LogP contribution in [0, 0.1) is 11.7 Å². The van der Waals surface area contributed by atoms with Gasteiger partial charge in [0.25, 0.3) is 0 Å². The second kappa shape index (κ2) is 6.10. The zero-order valence-electron chi connectivity index (χ0n) is 11.1. The minimum Gasteiger partial charge on any atom is -0.381 e. The van der Waals surface area contributed by atoms with E-state index in [1.165, 1.54) is 6.07 Å². The minimum atomic E-state index is -4.68. The smallest absolute Gasteiger partial charge is 0.381 e. The summed E-state index contributed by atoms with van der Waals surface area (Å²) < 4.78 is 56.9. The highest BCUT2D eigenvalue weighted by Gasteiger charge is 2.35. The maximum atomic E-state index is 13.3. The fourth-order valence-electron chi connectivity index (χ4n) is 2.55. The topological polar surface area (TPSA) is 21.3 Å². The van der Waals surface area contributed by atoms with Crippen molar-refractivity contribution >= 4 is 0 Å². The fourth-order valence-corrected chi connectivity index (χ4v) is 2.55. The first kappa shape index (κ1) is 15.3. The van der Waals surface area contributed by atoms with Crippen molar-refractivity contribution in [3.05, 3.63) is 35.1 Å². The lowest BCUT2D eigenvalue weighted by atomic mass is 9.91. The molecular weight excluding hydrogens is 274 g/mol. The van der Waals surface area contributed by atoms with Gasteiger partial charge in [0.1, 0.15) is 5.82 Å². The van der Waals surface area contributed by atoms with Crippen LogP contribution in [0.4, 0.5) is 17.6 Å². The predicted octanol–water partition coefficient (Wildman–Crippen LogP) is 3.53. The van der Waals surface area contributed by atoms with Gasteiger partial charge in [-0.05, 0) is 30.7 Å². The van der Waals surface area contributed by atoms with Crippen LogP contribution in [0.25, 0.3) is 0 Å². The Morgan fingerprint density at radius 3 is 2.70 bits per heavy atom. The summed E-state index contributed by atoms with van der Waals surface area (Å²) in [7, 11) is 0. The molecule has 1 saturated heterocycles. The number of rotatable bonds is 4. The molecule has 0 amide bonds. The summed E-state index contributed by atoms with van der Waals surface area (Å²) >= 11 is 0. The zero-order chi connectivity index (χ0) is 14.8. The molecule has 1 aliphatic rings. The van der Waals surface area contributed by atoms with Crippen molar-refractivity contribution in [1.82, 2.24) is 5.32 Å². The average Bonchev–Trinajstić information content (AvgIpc) is 2.89. The van der Waals surface area contributed by atoms with Gasteiger partial charge in [-0.15, -0.1) is 0 Å². The molecule has 1 heterocycles. The molecule has 112 valence electrons. The molecule has 0 aromatic heterocycles. The Morgan fingerprint density at radius 1 is 1.40 bits per heavy atom. The molecule has 6 heteroatoms. The first-order valence-corrected chi connectivity index (χ1v) is 6.61. The molecule has 2 rings (SSSR count). The van der Waals surface area contributed by atoms with Crippen LogP contribution in [0.1, 0.15) is 30.5 Å². The number of alkyl halides is 3. The first-order chi connectivity index (χ1) is 9.43. The van der Waals surface area contributed by atoms with E-state index >= 15 is 0 Å². The van der Waals surface area contributed by atoms with Crippen LogP contribution >= 0.6 is 0 Å². The lowest BCUT2D eigenvalue weighted by molar-refractivity contribution is -0.140. The van der Waals surface area contributed by atoms with E-state index in [9.17, 15) is 17.6 Å². The van der Waals surface area contributed by atoms with Crippen molar-refractivity contribution in [1.29, 1.82) is 0 Å². The van der Waals surface area contributed by atoms with E-state index in [4.69, 9.17) is 4.74 Å². The SMILES string of the molecule is CCNC(c1ccc(F)c(C(F)(F)F)c1)C1CCOC1. The van der Waals surface area contributed by atoms with Crippen LogP contribution in [-0.4, -0.2) is 19.8 Å². The Kier molecular flexibility index (Phi) is 4.65. The van der Waals surface area contributed by atoms with Gasteiger partial charge in [0.2, 0.25) is 0 Å². The lowest BCUT2D eigenvalue weighted by Crippen LogP contribution is -2.29. The van der Waals surface area contributed by atoms with Crippen LogP contribution in [0.3, 0.4) is 0 Å². The van der Waals surface area contributed by atoms with Crippen molar-refractivity contribution in [2.75, 3.05) is 19.8 Å². The molecule has 0 radical (unpaired) electrons. The molecule has 0 saturated carbocycles. The molecule has 0 aliphatic carbocycles. The molecule has 2 atom stereocenters. The number of halogens is 4. The highest BCUT2D eigenvalue weighted by Crippen LogP contribution is 2.35. The van der Waals surface area contributed by atoms with Gasteiger partial charge in [-0.3, -0.25) is 0 Å². The van der Waals surface area contributed by atoms with Crippen molar-refractivity contribution in [3.8, 4) is 0 Å². The van der Waals surface area contributed by atoms with E-state index in [0.29, 0.717) is 25.3 Å². The number of hydrogen-bond donors (Lipinski definition) is 1. The lowest BCUT2D eigenvalue weighted by Gasteiger charge is -2.24. The van der Waals surface area contributed by atoms with Gasteiger partial charge in [-0.25, -0.2) is 4.39 Å². The molecule has 0 bridgehead atoms. The van der Waals surface area contributed by atoms with Crippen LogP contribution < -0.4 is 5.32 Å². The van der Waals surface area contributed by atoms with Gasteiger partial charge in [-0.1, -0.05) is 13.0 Å². The van der Waals surface area contributed by atoms with Gasteiger partial charge in [0, 0.05) is 18.6 Å². The van der Waals surface area contributed by atoms with Gasteiger partial charge < -0.3 is 10.1 Å². The Bertz CT molecular complexity index is 455. The molecule has 0 spiro atoms. The molecule has 1 fully saturated rings. The Hall–Kier alpha value is -1.14. The summed E-state index contributed by atoms with van der Waals surface area (Å²) in [5.74, 6) is -1.12. The molecule has 1 N–H and O–H groups in total. The molecule has 2 nitrogen and oxygen atoms in total. The number of benzene rings is 1. The summed E-state index contributed by atoms with van der Waals surface area (Å²) in [5.41, 5.74) is -0.757. The zero-order valence-corrected chi connectivity index (χ0v) is 11.1. The van der Waals surface area contributed by atoms with E-state index in [1.54, 1.807) is 0 Å². The van der Waals surface area contributed by atoms with Crippen molar-refractivity contribution in [2.24, 2.45) is 5.92 Å². The van der Waals surface area contributed by atoms with Crippen molar-refractivity contribution in [3.63, 3.8) is 0 Å². The quantitative estimate of drug-likeness (QED) is 0.857. The Morgan fingerprint density at radius 2 is 2.15 bits per heavy atom. The van der Waals surface area contributed by atoms with E-state index in [1.807, 2.05) is 6.92 Å². The largest absolute Gasteiger partial charge is 0.419 e. The Labute approximate surface area is 115 Å². The number of nitrogens with one attached hydrogen (secondary N) is 1. The third-order valence-corrected chi connectivity index (χ3v) is 3.52. The first-order valence-electron chi connectivity index (χ1n) is 6.61. The van der Waals surface area contributed by atoms with Crippen LogP contribution in [0.5, 0.6) is 0 Å². The summed E-state index contributed by atoms with van der Waals surface area (Å²) in [6.07, 6.45) is -3.89. The van der Waals surface area contributed by atoms with E-state index in [-0.39, 0.29) is 12.0 Å². The summed E-state index contributed by atoms with van der Waals surface area (Å²) in [6, 6.07) is 2.96. The van der Waals surface area contributed by atoms with Gasteiger partial charge in [-0.2, -0.15) is 13.2 Å². The fraction of sp³-hybridized carbons (Fsp3) is 0.571. The standard InChI is InChI=1S/C14H17F4NO/c1-2-19-13(10-5-6-20-8-10)9-3-4-12(15)11(7-9)14(16,17)18/h3-4,7,10,13,19H,2,5-6,8H2,1H3. The van der Waals surface area contributed by atoms with Gasteiger partial charge >= 0.3 is 6.18 Å². The van der Waals surface area contributed by atoms with Crippen LogP contribution in [0.15, 0.2) is 18.2 Å². The minimum absolute atomic E-state index is 0.112. The average molecular weight is 291 g/mol.